The molecular weight excluding hydrogens is 478 g/mol. The fourth-order valence-corrected chi connectivity index (χ4v) is 5.79. The predicted octanol–water partition coefficient (Wildman–Crippen LogP) is 4.18. The number of nitrogens with zero attached hydrogens (tertiary/aromatic N) is 3. The molecule has 0 spiro atoms. The number of carbonyl (C=O) groups excluding carboxylic acids is 1. The van der Waals surface area contributed by atoms with Crippen LogP contribution < -0.4 is 9.64 Å². The van der Waals surface area contributed by atoms with E-state index in [2.05, 4.69) is 23.7 Å². The number of likely N-dealkylation sites (N-methyl/N-ethyl adjacent to an activating group) is 1. The molecule has 0 atom stereocenters. The number of aromatic nitrogens is 1. The maximum absolute atomic E-state index is 13.3. The molecule has 0 unspecified atom stereocenters. The minimum atomic E-state index is -3.31. The summed E-state index contributed by atoms with van der Waals surface area (Å²) < 4.78 is 29.8. The number of rotatable bonds is 11. The van der Waals surface area contributed by atoms with Crippen LogP contribution >= 0.6 is 23.1 Å². The summed E-state index contributed by atoms with van der Waals surface area (Å²) in [6.07, 6.45) is 1.19. The molecule has 0 saturated carbocycles. The van der Waals surface area contributed by atoms with Crippen molar-refractivity contribution in [3.8, 4) is 5.75 Å². The lowest BCUT2D eigenvalue weighted by Crippen LogP contribution is -2.39. The quantitative estimate of drug-likeness (QED) is 0.360. The van der Waals surface area contributed by atoms with Crippen molar-refractivity contribution in [1.29, 1.82) is 0 Å². The van der Waals surface area contributed by atoms with Crippen molar-refractivity contribution in [2.75, 3.05) is 50.2 Å². The third-order valence-corrected chi connectivity index (χ3v) is 8.41. The van der Waals surface area contributed by atoms with Gasteiger partial charge in [-0.3, -0.25) is 9.69 Å². The summed E-state index contributed by atoms with van der Waals surface area (Å²) in [7, 11) is -1.69. The first-order valence-electron chi connectivity index (χ1n) is 10.6. The molecule has 7 nitrogen and oxygen atoms in total. The largest absolute Gasteiger partial charge is 0.497 e. The van der Waals surface area contributed by atoms with Crippen molar-refractivity contribution in [2.45, 2.75) is 23.6 Å². The van der Waals surface area contributed by atoms with Gasteiger partial charge < -0.3 is 9.64 Å². The van der Waals surface area contributed by atoms with Crippen LogP contribution in [0.15, 0.2) is 52.3 Å². The van der Waals surface area contributed by atoms with Crippen molar-refractivity contribution in [3.63, 3.8) is 0 Å². The Morgan fingerprint density at radius 1 is 1.09 bits per heavy atom. The van der Waals surface area contributed by atoms with Crippen LogP contribution in [0, 0.1) is 0 Å². The number of ether oxygens (including phenoxy) is 1. The Morgan fingerprint density at radius 2 is 1.79 bits per heavy atom. The van der Waals surface area contributed by atoms with Gasteiger partial charge in [-0.1, -0.05) is 25.2 Å². The summed E-state index contributed by atoms with van der Waals surface area (Å²) in [5.41, 5.74) is 0.686. The van der Waals surface area contributed by atoms with E-state index in [1.165, 1.54) is 29.4 Å². The van der Waals surface area contributed by atoms with Gasteiger partial charge in [-0.15, -0.1) is 11.8 Å². The Kier molecular flexibility index (Phi) is 8.75. The number of carbonyl (C=O) groups is 1. The fourth-order valence-electron chi connectivity index (χ4n) is 3.24. The van der Waals surface area contributed by atoms with E-state index >= 15 is 0 Å². The molecule has 2 aromatic carbocycles. The van der Waals surface area contributed by atoms with Crippen LogP contribution in [0.25, 0.3) is 10.2 Å². The van der Waals surface area contributed by atoms with Crippen LogP contribution in [0.1, 0.15) is 13.8 Å². The minimum absolute atomic E-state index is 0.0367. The Morgan fingerprint density at radius 3 is 2.39 bits per heavy atom. The SMILES string of the molecule is CCN(CC)CCN(C(=O)CSc1ccc(OC)cc1)c1nc2ccc(S(C)(=O)=O)cc2s1. The highest BCUT2D eigenvalue weighted by Gasteiger charge is 2.21. The highest BCUT2D eigenvalue weighted by Crippen LogP contribution is 2.31. The maximum Gasteiger partial charge on any atom is 0.239 e. The molecule has 3 aromatic rings. The average molecular weight is 508 g/mol. The van der Waals surface area contributed by atoms with E-state index in [0.717, 1.165) is 35.0 Å². The van der Waals surface area contributed by atoms with Gasteiger partial charge in [0, 0.05) is 24.2 Å². The van der Waals surface area contributed by atoms with Crippen LogP contribution in [-0.2, 0) is 14.6 Å². The summed E-state index contributed by atoms with van der Waals surface area (Å²) in [6, 6.07) is 12.5. The van der Waals surface area contributed by atoms with E-state index in [1.54, 1.807) is 30.2 Å². The van der Waals surface area contributed by atoms with E-state index in [-0.39, 0.29) is 16.6 Å². The van der Waals surface area contributed by atoms with Crippen LogP contribution in [0.5, 0.6) is 5.75 Å². The smallest absolute Gasteiger partial charge is 0.239 e. The van der Waals surface area contributed by atoms with Crippen LogP contribution in [0.2, 0.25) is 0 Å². The second-order valence-corrected chi connectivity index (χ2v) is 11.5. The van der Waals surface area contributed by atoms with Crippen molar-refractivity contribution < 1.29 is 17.9 Å². The zero-order valence-corrected chi connectivity index (χ0v) is 21.7. The molecule has 0 aliphatic rings. The summed E-state index contributed by atoms with van der Waals surface area (Å²) in [5, 5.41) is 0.586. The van der Waals surface area contributed by atoms with Crippen LogP contribution in [0.3, 0.4) is 0 Å². The minimum Gasteiger partial charge on any atom is -0.497 e. The van der Waals surface area contributed by atoms with Gasteiger partial charge in [0.15, 0.2) is 15.0 Å². The molecule has 3 rings (SSSR count). The van der Waals surface area contributed by atoms with Gasteiger partial charge in [-0.2, -0.15) is 0 Å². The molecule has 1 aromatic heterocycles. The number of methoxy groups -OCH3 is 1. The van der Waals surface area contributed by atoms with E-state index < -0.39 is 9.84 Å². The van der Waals surface area contributed by atoms with Crippen molar-refractivity contribution in [2.24, 2.45) is 0 Å². The number of hydrogen-bond acceptors (Lipinski definition) is 8. The van der Waals surface area contributed by atoms with Gasteiger partial charge in [-0.05, 0) is 55.6 Å². The van der Waals surface area contributed by atoms with Gasteiger partial charge in [0.1, 0.15) is 5.75 Å². The van der Waals surface area contributed by atoms with E-state index in [9.17, 15) is 13.2 Å². The molecule has 33 heavy (non-hydrogen) atoms. The lowest BCUT2D eigenvalue weighted by atomic mass is 10.3. The Bertz CT molecular complexity index is 1190. The summed E-state index contributed by atoms with van der Waals surface area (Å²) in [4.78, 5) is 23.1. The lowest BCUT2D eigenvalue weighted by Gasteiger charge is -2.24. The Hall–Kier alpha value is -2.14. The number of sulfone groups is 1. The number of anilines is 1. The number of thioether (sulfide) groups is 1. The number of fused-ring (bicyclic) bond motifs is 1. The molecule has 0 radical (unpaired) electrons. The third kappa shape index (κ3) is 6.69. The lowest BCUT2D eigenvalue weighted by molar-refractivity contribution is -0.116. The molecule has 10 heteroatoms. The highest BCUT2D eigenvalue weighted by atomic mass is 32.2. The second-order valence-electron chi connectivity index (χ2n) is 7.43. The van der Waals surface area contributed by atoms with Crippen molar-refractivity contribution in [1.82, 2.24) is 9.88 Å². The van der Waals surface area contributed by atoms with Gasteiger partial charge in [0.05, 0.1) is 28.0 Å². The first-order valence-corrected chi connectivity index (χ1v) is 14.3. The van der Waals surface area contributed by atoms with E-state index in [0.29, 0.717) is 17.2 Å². The molecule has 0 fully saturated rings. The summed E-state index contributed by atoms with van der Waals surface area (Å²) in [6.45, 7) is 7.24. The predicted molar refractivity (Wildman–Crippen MR) is 137 cm³/mol. The van der Waals surface area contributed by atoms with E-state index in [1.807, 2.05) is 24.3 Å². The normalized spacial score (nSPS) is 11.8. The third-order valence-electron chi connectivity index (χ3n) is 5.26. The summed E-state index contributed by atoms with van der Waals surface area (Å²) in [5.74, 6) is 1.01. The Balaban J connectivity index is 1.83. The molecule has 0 aliphatic carbocycles. The average Bonchev–Trinajstić information content (AvgIpc) is 3.23. The zero-order chi connectivity index (χ0) is 24.0. The van der Waals surface area contributed by atoms with Gasteiger partial charge in [0.25, 0.3) is 0 Å². The molecule has 0 saturated heterocycles. The number of thiazole rings is 1. The molecule has 0 N–H and O–H groups in total. The number of amides is 1. The standard InChI is InChI=1S/C23H29N3O4S3/c1-5-25(6-2)13-14-26(22(27)16-31-18-9-7-17(30-3)8-10-18)23-24-20-12-11-19(33(4,28)29)15-21(20)32-23/h7-12,15H,5-6,13-14,16H2,1-4H3. The molecule has 1 amide bonds. The van der Waals surface area contributed by atoms with Crippen molar-refractivity contribution in [3.05, 3.63) is 42.5 Å². The maximum atomic E-state index is 13.3. The van der Waals surface area contributed by atoms with Crippen LogP contribution in [0.4, 0.5) is 5.13 Å². The molecule has 178 valence electrons. The first-order chi connectivity index (χ1) is 15.7. The highest BCUT2D eigenvalue weighted by molar-refractivity contribution is 8.00. The van der Waals surface area contributed by atoms with Crippen molar-refractivity contribution >= 4 is 54.2 Å². The molecule has 0 aliphatic heterocycles. The summed E-state index contributed by atoms with van der Waals surface area (Å²) >= 11 is 2.81. The monoisotopic (exact) mass is 507 g/mol. The second kappa shape index (κ2) is 11.3. The topological polar surface area (TPSA) is 79.8 Å². The van der Waals surface area contributed by atoms with Gasteiger partial charge in [0.2, 0.25) is 5.91 Å². The molecule has 1 heterocycles. The zero-order valence-electron chi connectivity index (χ0n) is 19.3. The van der Waals surface area contributed by atoms with E-state index in [4.69, 9.17) is 4.74 Å². The molecule has 0 bridgehead atoms. The number of benzene rings is 2. The number of hydrogen-bond donors (Lipinski definition) is 0. The first kappa shape index (κ1) is 25.5. The van der Waals surface area contributed by atoms with Crippen LogP contribution in [-0.4, -0.2) is 69.5 Å². The Labute approximate surface area is 203 Å². The van der Waals surface area contributed by atoms with Gasteiger partial charge in [-0.25, -0.2) is 13.4 Å². The van der Waals surface area contributed by atoms with Gasteiger partial charge >= 0.3 is 0 Å². The molecular formula is C23H29N3O4S3. The fraction of sp³-hybridized carbons (Fsp3) is 0.391.